The zero-order chi connectivity index (χ0) is 24.7. The van der Waals surface area contributed by atoms with Gasteiger partial charge >= 0.3 is 5.97 Å². The Balaban J connectivity index is 1.46. The number of aliphatic hydroxyl groups is 1. The Bertz CT molecular complexity index is 1060. The van der Waals surface area contributed by atoms with Crippen LogP contribution in [0.1, 0.15) is 43.4 Å². The molecule has 1 aliphatic rings. The molecule has 3 N–H and O–H groups in total. The first-order valence-corrected chi connectivity index (χ1v) is 13.5. The van der Waals surface area contributed by atoms with Crippen molar-refractivity contribution < 1.29 is 28.2 Å². The highest BCUT2D eigenvalue weighted by Gasteiger charge is 2.21. The van der Waals surface area contributed by atoms with Gasteiger partial charge in [-0.2, -0.15) is 0 Å². The molecule has 0 amide bonds. The van der Waals surface area contributed by atoms with Crippen molar-refractivity contribution in [1.82, 2.24) is 5.32 Å². The second-order valence-corrected chi connectivity index (χ2v) is 10.6. The Kier molecular flexibility index (Phi) is 8.93. The summed E-state index contributed by atoms with van der Waals surface area (Å²) in [6.07, 6.45) is 3.04. The molecule has 8 nitrogen and oxygen atoms in total. The lowest BCUT2D eigenvalue weighted by atomic mass is 10.0. The molecule has 1 aliphatic heterocycles. The highest BCUT2D eigenvalue weighted by molar-refractivity contribution is 7.90. The minimum Gasteiger partial charge on any atom is -0.507 e. The highest BCUT2D eigenvalue weighted by atomic mass is 32.2. The summed E-state index contributed by atoms with van der Waals surface area (Å²) in [5, 5.41) is 23.7. The largest absolute Gasteiger partial charge is 0.507 e. The van der Waals surface area contributed by atoms with Crippen LogP contribution in [-0.4, -0.2) is 63.1 Å². The number of anilines is 1. The summed E-state index contributed by atoms with van der Waals surface area (Å²) in [5.74, 6) is -0.488. The van der Waals surface area contributed by atoms with E-state index in [1.807, 2.05) is 0 Å². The van der Waals surface area contributed by atoms with E-state index in [1.165, 1.54) is 18.2 Å². The molecule has 1 heterocycles. The molecule has 1 unspecified atom stereocenters. The second-order valence-electron chi connectivity index (χ2n) is 8.66. The average molecular weight is 491 g/mol. The van der Waals surface area contributed by atoms with Crippen LogP contribution in [-0.2, 0) is 25.8 Å². The zero-order valence-electron chi connectivity index (χ0n) is 19.7. The van der Waals surface area contributed by atoms with Crippen LogP contribution in [0.4, 0.5) is 5.69 Å². The molecular formula is C25H34N2O6S. The fraction of sp³-hybridized carbons (Fsp3) is 0.480. The van der Waals surface area contributed by atoms with Crippen LogP contribution in [0, 0.1) is 0 Å². The SMILES string of the molecule is CCOC(=O)CCc1ccc(N2CCC(NCC(O)c3ccc(O)c(S(C)(=O)=O)c3)CC2)cc1. The number of sulfone groups is 1. The Labute approximate surface area is 201 Å². The van der Waals surface area contributed by atoms with Crippen molar-refractivity contribution >= 4 is 21.5 Å². The molecule has 0 aliphatic carbocycles. The standard InChI is InChI=1S/C25H34N2O6S/c1-3-33-25(30)11-6-18-4-8-21(9-5-18)27-14-12-20(13-15-27)26-17-23(29)19-7-10-22(28)24(16-19)34(2,31)32/h4-5,7-10,16,20,23,26,28-29H,3,6,11-15,17H2,1-2H3. The third-order valence-electron chi connectivity index (χ3n) is 6.09. The predicted molar refractivity (Wildman–Crippen MR) is 131 cm³/mol. The number of benzene rings is 2. The number of carbonyl (C=O) groups excluding carboxylic acids is 1. The van der Waals surface area contributed by atoms with Crippen molar-refractivity contribution in [3.63, 3.8) is 0 Å². The average Bonchev–Trinajstić information content (AvgIpc) is 2.81. The topological polar surface area (TPSA) is 116 Å². The van der Waals surface area contributed by atoms with E-state index in [0.717, 1.165) is 43.4 Å². The normalized spacial score (nSPS) is 15.8. The van der Waals surface area contributed by atoms with Gasteiger partial charge in [-0.3, -0.25) is 4.79 Å². The number of esters is 1. The molecule has 186 valence electrons. The van der Waals surface area contributed by atoms with Gasteiger partial charge in [0.2, 0.25) is 0 Å². The van der Waals surface area contributed by atoms with Crippen LogP contribution in [0.5, 0.6) is 5.75 Å². The quantitative estimate of drug-likeness (QED) is 0.435. The van der Waals surface area contributed by atoms with E-state index in [1.54, 1.807) is 6.92 Å². The summed E-state index contributed by atoms with van der Waals surface area (Å²) in [5.41, 5.74) is 2.71. The lowest BCUT2D eigenvalue weighted by Gasteiger charge is -2.34. The third-order valence-corrected chi connectivity index (χ3v) is 7.21. The number of phenols is 1. The molecule has 2 aromatic rings. The maximum Gasteiger partial charge on any atom is 0.306 e. The zero-order valence-corrected chi connectivity index (χ0v) is 20.6. The molecule has 9 heteroatoms. The van der Waals surface area contributed by atoms with Crippen LogP contribution < -0.4 is 10.2 Å². The minimum atomic E-state index is -3.58. The van der Waals surface area contributed by atoms with Gasteiger partial charge in [0.15, 0.2) is 9.84 Å². The van der Waals surface area contributed by atoms with E-state index in [2.05, 4.69) is 34.5 Å². The van der Waals surface area contributed by atoms with Crippen molar-refractivity contribution in [2.45, 2.75) is 49.6 Å². The van der Waals surface area contributed by atoms with Crippen molar-refractivity contribution in [1.29, 1.82) is 0 Å². The lowest BCUT2D eigenvalue weighted by molar-refractivity contribution is -0.143. The maximum atomic E-state index is 11.8. The number of aliphatic hydroxyl groups excluding tert-OH is 1. The first-order valence-electron chi connectivity index (χ1n) is 11.6. The Morgan fingerprint density at radius 2 is 1.85 bits per heavy atom. The van der Waals surface area contributed by atoms with E-state index >= 15 is 0 Å². The number of hydrogen-bond acceptors (Lipinski definition) is 8. The second kappa shape index (κ2) is 11.7. The van der Waals surface area contributed by atoms with Gasteiger partial charge in [-0.05, 0) is 61.6 Å². The van der Waals surface area contributed by atoms with Gasteiger partial charge in [0.05, 0.1) is 12.7 Å². The summed E-state index contributed by atoms with van der Waals surface area (Å²) in [4.78, 5) is 13.7. The van der Waals surface area contributed by atoms with Crippen LogP contribution in [0.25, 0.3) is 0 Å². The molecule has 1 saturated heterocycles. The minimum absolute atomic E-state index is 0.174. The van der Waals surface area contributed by atoms with Gasteiger partial charge in [-0.1, -0.05) is 18.2 Å². The number of rotatable bonds is 10. The molecule has 2 aromatic carbocycles. The van der Waals surface area contributed by atoms with Crippen molar-refractivity contribution in [3.8, 4) is 5.75 Å². The molecule has 0 radical (unpaired) electrons. The van der Waals surface area contributed by atoms with E-state index in [9.17, 15) is 23.4 Å². The predicted octanol–water partition coefficient (Wildman–Crippen LogP) is 2.58. The van der Waals surface area contributed by atoms with Crippen LogP contribution in [0.2, 0.25) is 0 Å². The summed E-state index contributed by atoms with van der Waals surface area (Å²) < 4.78 is 28.6. The van der Waals surface area contributed by atoms with E-state index in [0.29, 0.717) is 31.6 Å². The van der Waals surface area contributed by atoms with Gasteiger partial charge in [-0.15, -0.1) is 0 Å². The number of ether oxygens (including phenoxy) is 1. The third kappa shape index (κ3) is 7.19. The number of piperidine rings is 1. The molecule has 1 atom stereocenters. The molecule has 0 bridgehead atoms. The maximum absolute atomic E-state index is 11.8. The van der Waals surface area contributed by atoms with Crippen LogP contribution in [0.3, 0.4) is 0 Å². The number of carbonyl (C=O) groups is 1. The number of phenolic OH excluding ortho intramolecular Hbond substituents is 1. The molecular weight excluding hydrogens is 456 g/mol. The fourth-order valence-electron chi connectivity index (χ4n) is 4.13. The van der Waals surface area contributed by atoms with Crippen molar-refractivity contribution in [2.75, 3.05) is 37.4 Å². The molecule has 34 heavy (non-hydrogen) atoms. The first kappa shape index (κ1) is 26.0. The van der Waals surface area contributed by atoms with Gasteiger partial charge in [0.25, 0.3) is 0 Å². The molecule has 0 aromatic heterocycles. The number of aromatic hydroxyl groups is 1. The van der Waals surface area contributed by atoms with E-state index in [4.69, 9.17) is 4.74 Å². The summed E-state index contributed by atoms with van der Waals surface area (Å²) in [6, 6.07) is 12.7. The van der Waals surface area contributed by atoms with Crippen LogP contribution >= 0.6 is 0 Å². The Hall–Kier alpha value is -2.62. The smallest absolute Gasteiger partial charge is 0.306 e. The monoisotopic (exact) mass is 490 g/mol. The molecule has 0 saturated carbocycles. The van der Waals surface area contributed by atoms with Gasteiger partial charge in [-0.25, -0.2) is 8.42 Å². The number of hydrogen-bond donors (Lipinski definition) is 3. The molecule has 3 rings (SSSR count). The highest BCUT2D eigenvalue weighted by Crippen LogP contribution is 2.27. The van der Waals surface area contributed by atoms with Crippen molar-refractivity contribution in [2.24, 2.45) is 0 Å². The Morgan fingerprint density at radius 3 is 2.47 bits per heavy atom. The number of aryl methyl sites for hydroxylation is 1. The summed E-state index contributed by atoms with van der Waals surface area (Å²) in [7, 11) is -3.58. The number of nitrogens with zero attached hydrogens (tertiary/aromatic N) is 1. The van der Waals surface area contributed by atoms with E-state index in [-0.39, 0.29) is 22.7 Å². The van der Waals surface area contributed by atoms with Crippen LogP contribution in [0.15, 0.2) is 47.4 Å². The van der Waals surface area contributed by atoms with Gasteiger partial charge in [0.1, 0.15) is 10.6 Å². The lowest BCUT2D eigenvalue weighted by Crippen LogP contribution is -2.43. The molecule has 1 fully saturated rings. The summed E-state index contributed by atoms with van der Waals surface area (Å²) in [6.45, 7) is 4.27. The van der Waals surface area contributed by atoms with E-state index < -0.39 is 15.9 Å². The number of nitrogens with one attached hydrogen (secondary N) is 1. The van der Waals surface area contributed by atoms with Gasteiger partial charge in [0, 0.05) is 44.0 Å². The molecule has 0 spiro atoms. The fourth-order valence-corrected chi connectivity index (χ4v) is 4.92. The summed E-state index contributed by atoms with van der Waals surface area (Å²) >= 11 is 0. The van der Waals surface area contributed by atoms with Gasteiger partial charge < -0.3 is 25.2 Å². The van der Waals surface area contributed by atoms with Crippen molar-refractivity contribution in [3.05, 3.63) is 53.6 Å². The first-order chi connectivity index (χ1) is 16.2. The Morgan fingerprint density at radius 1 is 1.18 bits per heavy atom.